The van der Waals surface area contributed by atoms with Gasteiger partial charge in [0.2, 0.25) is 0 Å². The van der Waals surface area contributed by atoms with Gasteiger partial charge in [0, 0.05) is 13.2 Å². The lowest BCUT2D eigenvalue weighted by molar-refractivity contribution is 0.249. The SMILES string of the molecule is CCCOP(C)(=O)N1CCP1(=O)OCC. The first kappa shape index (κ1) is 13.4. The zero-order chi connectivity index (χ0) is 11.5. The van der Waals surface area contributed by atoms with Crippen molar-refractivity contribution in [1.29, 1.82) is 0 Å². The number of rotatable bonds is 6. The Morgan fingerprint density at radius 1 is 1.47 bits per heavy atom. The van der Waals surface area contributed by atoms with Crippen LogP contribution in [0.25, 0.3) is 0 Å². The summed E-state index contributed by atoms with van der Waals surface area (Å²) in [5, 5.41) is 0. The molecule has 1 aliphatic heterocycles. The fourth-order valence-corrected chi connectivity index (χ4v) is 6.66. The third-order valence-corrected chi connectivity index (χ3v) is 8.04. The van der Waals surface area contributed by atoms with E-state index in [9.17, 15) is 9.13 Å². The summed E-state index contributed by atoms with van der Waals surface area (Å²) in [6.45, 7) is 6.57. The maximum atomic E-state index is 12.1. The van der Waals surface area contributed by atoms with Crippen LogP contribution in [-0.4, -0.2) is 37.0 Å². The third kappa shape index (κ3) is 2.92. The summed E-state index contributed by atoms with van der Waals surface area (Å²) in [5.74, 6) is 0. The van der Waals surface area contributed by atoms with Crippen LogP contribution in [0.3, 0.4) is 0 Å². The summed E-state index contributed by atoms with van der Waals surface area (Å²) in [7, 11) is -5.74. The van der Waals surface area contributed by atoms with Crippen molar-refractivity contribution in [1.82, 2.24) is 4.44 Å². The molecule has 15 heavy (non-hydrogen) atoms. The first-order valence-corrected chi connectivity index (χ1v) is 8.99. The Bertz CT molecular complexity index is 307. The van der Waals surface area contributed by atoms with E-state index in [4.69, 9.17) is 9.05 Å². The summed E-state index contributed by atoms with van der Waals surface area (Å²) in [4.78, 5) is 0. The standard InChI is InChI=1S/C8H19NO4P2/c1-4-7-13-14(3,10)9-6-8-15(9,11)12-5-2/h4-8H2,1-3H3. The normalized spacial score (nSPS) is 30.9. The molecule has 1 fully saturated rings. The number of nitrogens with zero attached hydrogens (tertiary/aromatic N) is 1. The van der Waals surface area contributed by atoms with Crippen molar-refractivity contribution in [2.24, 2.45) is 0 Å². The Morgan fingerprint density at radius 2 is 2.13 bits per heavy atom. The highest BCUT2D eigenvalue weighted by Gasteiger charge is 2.49. The molecule has 7 heteroatoms. The lowest BCUT2D eigenvalue weighted by Gasteiger charge is -2.41. The molecule has 0 saturated carbocycles. The number of hydrogen-bond acceptors (Lipinski definition) is 4. The molecule has 90 valence electrons. The second-order valence-corrected chi connectivity index (χ2v) is 8.64. The predicted octanol–water partition coefficient (Wildman–Crippen LogP) is 2.78. The Labute approximate surface area is 91.1 Å². The fraction of sp³-hybridized carbons (Fsp3) is 1.00. The maximum absolute atomic E-state index is 12.1. The molecule has 0 N–H and O–H groups in total. The van der Waals surface area contributed by atoms with Gasteiger partial charge in [-0.1, -0.05) is 6.92 Å². The molecule has 0 aromatic carbocycles. The van der Waals surface area contributed by atoms with E-state index in [2.05, 4.69) is 0 Å². The minimum Gasteiger partial charge on any atom is -0.317 e. The van der Waals surface area contributed by atoms with Crippen LogP contribution in [0, 0.1) is 0 Å². The minimum absolute atomic E-state index is 0.377. The lowest BCUT2D eigenvalue weighted by atomic mass is 10.5. The highest BCUT2D eigenvalue weighted by molar-refractivity contribution is 7.72. The molecule has 0 aromatic rings. The third-order valence-electron chi connectivity index (χ3n) is 2.22. The summed E-state index contributed by atoms with van der Waals surface area (Å²) in [6.07, 6.45) is 1.28. The molecule has 2 atom stereocenters. The average molecular weight is 255 g/mol. The van der Waals surface area contributed by atoms with Gasteiger partial charge in [0.1, 0.15) is 0 Å². The van der Waals surface area contributed by atoms with E-state index in [1.54, 1.807) is 6.92 Å². The summed E-state index contributed by atoms with van der Waals surface area (Å²) in [6, 6.07) is 0. The van der Waals surface area contributed by atoms with Crippen molar-refractivity contribution in [3.8, 4) is 0 Å². The first-order chi connectivity index (χ1) is 6.96. The molecule has 1 heterocycles. The van der Waals surface area contributed by atoms with E-state index in [0.29, 0.717) is 25.9 Å². The first-order valence-electron chi connectivity index (χ1n) is 5.20. The lowest BCUT2D eigenvalue weighted by Crippen LogP contribution is -2.34. The van der Waals surface area contributed by atoms with Crippen LogP contribution in [0.2, 0.25) is 0 Å². The van der Waals surface area contributed by atoms with Crippen molar-refractivity contribution in [2.75, 3.05) is 32.6 Å². The van der Waals surface area contributed by atoms with E-state index in [-0.39, 0.29) is 0 Å². The van der Waals surface area contributed by atoms with Crippen LogP contribution < -0.4 is 0 Å². The van der Waals surface area contributed by atoms with Gasteiger partial charge < -0.3 is 9.05 Å². The fourth-order valence-electron chi connectivity index (χ4n) is 1.44. The van der Waals surface area contributed by atoms with Gasteiger partial charge in [0.05, 0.1) is 19.4 Å². The minimum atomic E-state index is -2.92. The molecule has 0 spiro atoms. The second-order valence-electron chi connectivity index (χ2n) is 3.51. The largest absolute Gasteiger partial charge is 0.317 e. The molecule has 0 aromatic heterocycles. The molecular weight excluding hydrogens is 236 g/mol. The zero-order valence-corrected chi connectivity index (χ0v) is 11.3. The van der Waals surface area contributed by atoms with Gasteiger partial charge in [-0.2, -0.15) is 4.44 Å². The zero-order valence-electron chi connectivity index (χ0n) is 9.51. The van der Waals surface area contributed by atoms with Crippen LogP contribution in [0.4, 0.5) is 0 Å². The Hall–Kier alpha value is 0.340. The number of hydrogen-bond donors (Lipinski definition) is 0. The van der Waals surface area contributed by atoms with E-state index in [0.717, 1.165) is 6.42 Å². The van der Waals surface area contributed by atoms with Crippen molar-refractivity contribution in [3.05, 3.63) is 0 Å². The van der Waals surface area contributed by atoms with E-state index < -0.39 is 15.0 Å². The van der Waals surface area contributed by atoms with Crippen molar-refractivity contribution < 1.29 is 18.2 Å². The van der Waals surface area contributed by atoms with Crippen LogP contribution in [0.15, 0.2) is 0 Å². The van der Waals surface area contributed by atoms with E-state index in [1.807, 2.05) is 6.92 Å². The van der Waals surface area contributed by atoms with Gasteiger partial charge in [0.25, 0.3) is 15.0 Å². The summed E-state index contributed by atoms with van der Waals surface area (Å²) in [5.41, 5.74) is 0. The second kappa shape index (κ2) is 5.11. The quantitative estimate of drug-likeness (QED) is 0.683. The molecule has 2 unspecified atom stereocenters. The molecular formula is C8H19NO4P2. The Kier molecular flexibility index (Phi) is 4.57. The highest BCUT2D eigenvalue weighted by atomic mass is 31.2. The van der Waals surface area contributed by atoms with E-state index >= 15 is 0 Å². The van der Waals surface area contributed by atoms with Crippen LogP contribution in [0.1, 0.15) is 20.3 Å². The van der Waals surface area contributed by atoms with Gasteiger partial charge in [-0.15, -0.1) is 0 Å². The average Bonchev–Trinajstić information content (AvgIpc) is 2.13. The van der Waals surface area contributed by atoms with Crippen LogP contribution in [0.5, 0.6) is 0 Å². The molecule has 0 radical (unpaired) electrons. The van der Waals surface area contributed by atoms with Gasteiger partial charge in [-0.3, -0.25) is 9.13 Å². The Morgan fingerprint density at radius 3 is 2.53 bits per heavy atom. The van der Waals surface area contributed by atoms with Gasteiger partial charge in [-0.25, -0.2) is 0 Å². The van der Waals surface area contributed by atoms with Crippen LogP contribution >= 0.6 is 15.0 Å². The Balaban J connectivity index is 2.64. The molecule has 0 amide bonds. The van der Waals surface area contributed by atoms with Crippen molar-refractivity contribution in [3.63, 3.8) is 0 Å². The molecule has 1 aliphatic rings. The van der Waals surface area contributed by atoms with Crippen LogP contribution in [-0.2, 0) is 18.2 Å². The summed E-state index contributed by atoms with van der Waals surface area (Å²) < 4.78 is 36.0. The molecule has 1 saturated heterocycles. The maximum Gasteiger partial charge on any atom is 0.281 e. The molecule has 0 aliphatic carbocycles. The van der Waals surface area contributed by atoms with Gasteiger partial charge in [0.15, 0.2) is 0 Å². The molecule has 5 nitrogen and oxygen atoms in total. The topological polar surface area (TPSA) is 55.8 Å². The molecule has 1 rings (SSSR count). The van der Waals surface area contributed by atoms with Crippen molar-refractivity contribution >= 4 is 15.0 Å². The van der Waals surface area contributed by atoms with Crippen molar-refractivity contribution in [2.45, 2.75) is 20.3 Å². The smallest absolute Gasteiger partial charge is 0.281 e. The highest BCUT2D eigenvalue weighted by Crippen LogP contribution is 2.71. The summed E-state index contributed by atoms with van der Waals surface area (Å²) >= 11 is 0. The van der Waals surface area contributed by atoms with Gasteiger partial charge in [-0.05, 0) is 13.3 Å². The van der Waals surface area contributed by atoms with Gasteiger partial charge >= 0.3 is 0 Å². The monoisotopic (exact) mass is 255 g/mol. The molecule has 0 bridgehead atoms. The van der Waals surface area contributed by atoms with E-state index in [1.165, 1.54) is 11.1 Å². The predicted molar refractivity (Wildman–Crippen MR) is 60.6 cm³/mol.